The minimum Gasteiger partial charge on any atom is -0.350 e. The molecule has 26 heavy (non-hydrogen) atoms. The van der Waals surface area contributed by atoms with Crippen molar-refractivity contribution >= 4 is 17.6 Å². The number of hydrogen-bond donors (Lipinski definition) is 3. The molecule has 140 valence electrons. The number of urea groups is 1. The minimum absolute atomic E-state index is 0.0471. The van der Waals surface area contributed by atoms with Gasteiger partial charge >= 0.3 is 12.2 Å². The molecule has 3 amide bonds. The van der Waals surface area contributed by atoms with Crippen molar-refractivity contribution in [2.45, 2.75) is 6.18 Å². The average molecular weight is 373 g/mol. The normalized spacial score (nSPS) is 11.1. The van der Waals surface area contributed by atoms with Gasteiger partial charge in [0.05, 0.1) is 5.56 Å². The molecule has 3 N–H and O–H groups in total. The summed E-state index contributed by atoms with van der Waals surface area (Å²) in [6.45, 7) is -0.157. The molecule has 0 bridgehead atoms. The molecule has 1 aromatic carbocycles. The summed E-state index contributed by atoms with van der Waals surface area (Å²) in [5, 5.41) is 10.2. The van der Waals surface area contributed by atoms with E-state index in [1.54, 1.807) is 0 Å². The molecular weight excluding hydrogens is 358 g/mol. The van der Waals surface area contributed by atoms with E-state index in [2.05, 4.69) is 21.0 Å². The quantitative estimate of drug-likeness (QED) is 0.554. The second-order valence-corrected chi connectivity index (χ2v) is 5.21. The molecule has 0 aliphatic heterocycles. The van der Waals surface area contributed by atoms with Crippen molar-refractivity contribution < 1.29 is 27.2 Å². The van der Waals surface area contributed by atoms with Gasteiger partial charge in [0.2, 0.25) is 0 Å². The molecule has 0 aliphatic rings. The third kappa shape index (κ3) is 5.19. The van der Waals surface area contributed by atoms with Gasteiger partial charge in [-0.25, -0.2) is 9.18 Å². The SMILES string of the molecule is Cn1cc(C(=O)NCCNC(=O)Nc2cccc(F)c2)c(C(F)(F)F)n1. The molecule has 2 aromatic rings. The number of aryl methyl sites for hydroxylation is 1. The van der Waals surface area contributed by atoms with E-state index in [-0.39, 0.29) is 18.8 Å². The Morgan fingerprint density at radius 3 is 2.54 bits per heavy atom. The van der Waals surface area contributed by atoms with Crippen LogP contribution in [0.5, 0.6) is 0 Å². The van der Waals surface area contributed by atoms with Gasteiger partial charge in [-0.1, -0.05) is 6.07 Å². The van der Waals surface area contributed by atoms with E-state index < -0.39 is 35.2 Å². The summed E-state index contributed by atoms with van der Waals surface area (Å²) in [6.07, 6.45) is -3.79. The summed E-state index contributed by atoms with van der Waals surface area (Å²) in [4.78, 5) is 23.5. The number of aromatic nitrogens is 2. The van der Waals surface area contributed by atoms with E-state index in [9.17, 15) is 27.2 Å². The third-order valence-electron chi connectivity index (χ3n) is 3.12. The van der Waals surface area contributed by atoms with Gasteiger partial charge in [-0.2, -0.15) is 18.3 Å². The predicted octanol–water partition coefficient (Wildman–Crippen LogP) is 2.13. The summed E-state index contributed by atoms with van der Waals surface area (Å²) < 4.78 is 52.3. The monoisotopic (exact) mass is 373 g/mol. The summed E-state index contributed by atoms with van der Waals surface area (Å²) in [7, 11) is 1.27. The van der Waals surface area contributed by atoms with E-state index in [0.717, 1.165) is 16.9 Å². The van der Waals surface area contributed by atoms with Crippen LogP contribution in [0.3, 0.4) is 0 Å². The molecule has 0 saturated heterocycles. The highest BCUT2D eigenvalue weighted by Gasteiger charge is 2.38. The van der Waals surface area contributed by atoms with Gasteiger partial charge in [-0.05, 0) is 18.2 Å². The van der Waals surface area contributed by atoms with Gasteiger partial charge in [0.15, 0.2) is 5.69 Å². The van der Waals surface area contributed by atoms with Gasteiger partial charge in [0, 0.05) is 32.0 Å². The molecule has 0 spiro atoms. The topological polar surface area (TPSA) is 88.0 Å². The van der Waals surface area contributed by atoms with Crippen LogP contribution < -0.4 is 16.0 Å². The van der Waals surface area contributed by atoms with Crippen molar-refractivity contribution in [2.24, 2.45) is 7.05 Å². The van der Waals surface area contributed by atoms with Crippen LogP contribution in [0.2, 0.25) is 0 Å². The van der Waals surface area contributed by atoms with Gasteiger partial charge in [0.25, 0.3) is 5.91 Å². The number of hydrogen-bond acceptors (Lipinski definition) is 3. The van der Waals surface area contributed by atoms with Crippen LogP contribution in [-0.4, -0.2) is 34.8 Å². The summed E-state index contributed by atoms with van der Waals surface area (Å²) >= 11 is 0. The maximum Gasteiger partial charge on any atom is 0.435 e. The number of carbonyl (C=O) groups is 2. The molecule has 1 aromatic heterocycles. The van der Waals surface area contributed by atoms with Crippen LogP contribution in [0.4, 0.5) is 28.0 Å². The van der Waals surface area contributed by atoms with Crippen LogP contribution in [0, 0.1) is 5.82 Å². The van der Waals surface area contributed by atoms with Crippen molar-refractivity contribution in [3.63, 3.8) is 0 Å². The molecule has 0 unspecified atom stereocenters. The Bertz CT molecular complexity index is 804. The number of amides is 3. The first-order valence-corrected chi connectivity index (χ1v) is 7.36. The molecular formula is C15H15F4N5O2. The molecule has 0 radical (unpaired) electrons. The lowest BCUT2D eigenvalue weighted by Crippen LogP contribution is -2.37. The van der Waals surface area contributed by atoms with Gasteiger partial charge < -0.3 is 16.0 Å². The van der Waals surface area contributed by atoms with Crippen molar-refractivity contribution in [2.75, 3.05) is 18.4 Å². The van der Waals surface area contributed by atoms with Gasteiger partial charge in [-0.3, -0.25) is 9.48 Å². The second-order valence-electron chi connectivity index (χ2n) is 5.21. The Balaban J connectivity index is 1.81. The fraction of sp³-hybridized carbons (Fsp3) is 0.267. The molecule has 1 heterocycles. The van der Waals surface area contributed by atoms with Crippen LogP contribution in [0.25, 0.3) is 0 Å². The predicted molar refractivity (Wildman–Crippen MR) is 84.0 cm³/mol. The van der Waals surface area contributed by atoms with E-state index >= 15 is 0 Å². The van der Waals surface area contributed by atoms with Gasteiger partial charge in [-0.15, -0.1) is 0 Å². The Hall–Kier alpha value is -3.11. The molecule has 7 nitrogen and oxygen atoms in total. The standard InChI is InChI=1S/C15H15F4N5O2/c1-24-8-11(12(23-24)15(17,18)19)13(25)20-5-6-21-14(26)22-10-4-2-3-9(16)7-10/h2-4,7-8H,5-6H2,1H3,(H,20,25)(H2,21,22,26). The zero-order chi connectivity index (χ0) is 19.3. The summed E-state index contributed by atoms with van der Waals surface area (Å²) in [5.41, 5.74) is -1.66. The van der Waals surface area contributed by atoms with Gasteiger partial charge in [0.1, 0.15) is 5.82 Å². The first-order chi connectivity index (χ1) is 12.2. The number of benzene rings is 1. The highest BCUT2D eigenvalue weighted by Crippen LogP contribution is 2.30. The smallest absolute Gasteiger partial charge is 0.350 e. The number of nitrogens with zero attached hydrogens (tertiary/aromatic N) is 2. The number of halogens is 4. The molecule has 2 rings (SSSR count). The minimum atomic E-state index is -4.75. The number of carbonyl (C=O) groups excluding carboxylic acids is 2. The number of rotatable bonds is 5. The second kappa shape index (κ2) is 7.85. The number of nitrogens with one attached hydrogen (secondary N) is 3. The Kier molecular flexibility index (Phi) is 5.80. The average Bonchev–Trinajstić information content (AvgIpc) is 2.94. The highest BCUT2D eigenvalue weighted by molar-refractivity contribution is 5.95. The largest absolute Gasteiger partial charge is 0.435 e. The van der Waals surface area contributed by atoms with Crippen molar-refractivity contribution in [1.29, 1.82) is 0 Å². The van der Waals surface area contributed by atoms with Crippen molar-refractivity contribution in [3.8, 4) is 0 Å². The van der Waals surface area contributed by atoms with Crippen LogP contribution >= 0.6 is 0 Å². The molecule has 0 atom stereocenters. The number of anilines is 1. The Labute approximate surface area is 145 Å². The lowest BCUT2D eigenvalue weighted by molar-refractivity contribution is -0.141. The van der Waals surface area contributed by atoms with Crippen LogP contribution in [-0.2, 0) is 13.2 Å². The molecule has 0 fully saturated rings. The maximum atomic E-state index is 13.0. The van der Waals surface area contributed by atoms with E-state index in [1.807, 2.05) is 0 Å². The van der Waals surface area contributed by atoms with Crippen LogP contribution in [0.15, 0.2) is 30.5 Å². The molecule has 0 aliphatic carbocycles. The lowest BCUT2D eigenvalue weighted by atomic mass is 10.2. The number of alkyl halides is 3. The summed E-state index contributed by atoms with van der Waals surface area (Å²) in [5.74, 6) is -1.48. The first kappa shape index (κ1) is 19.2. The molecule has 0 saturated carbocycles. The molecule has 11 heteroatoms. The fourth-order valence-corrected chi connectivity index (χ4v) is 2.05. The fourth-order valence-electron chi connectivity index (χ4n) is 2.05. The zero-order valence-corrected chi connectivity index (χ0v) is 13.5. The highest BCUT2D eigenvalue weighted by atomic mass is 19.4. The third-order valence-corrected chi connectivity index (χ3v) is 3.12. The zero-order valence-electron chi connectivity index (χ0n) is 13.5. The van der Waals surface area contributed by atoms with E-state index in [1.165, 1.54) is 25.2 Å². The summed E-state index contributed by atoms with van der Waals surface area (Å²) in [6, 6.07) is 4.57. The lowest BCUT2D eigenvalue weighted by Gasteiger charge is -2.09. The maximum absolute atomic E-state index is 13.0. The van der Waals surface area contributed by atoms with Crippen molar-refractivity contribution in [1.82, 2.24) is 20.4 Å². The Morgan fingerprint density at radius 2 is 1.88 bits per heavy atom. The van der Waals surface area contributed by atoms with E-state index in [0.29, 0.717) is 0 Å². The Morgan fingerprint density at radius 1 is 1.19 bits per heavy atom. The van der Waals surface area contributed by atoms with E-state index in [4.69, 9.17) is 0 Å². The van der Waals surface area contributed by atoms with Crippen molar-refractivity contribution in [3.05, 3.63) is 47.5 Å². The van der Waals surface area contributed by atoms with Crippen LogP contribution in [0.1, 0.15) is 16.1 Å². The first-order valence-electron chi connectivity index (χ1n) is 7.36.